The van der Waals surface area contributed by atoms with E-state index >= 15 is 0 Å². The number of nitrogens with zero attached hydrogens (tertiary/aromatic N) is 1. The fourth-order valence-electron chi connectivity index (χ4n) is 3.10. The zero-order valence-electron chi connectivity index (χ0n) is 16.5. The number of hydrogen-bond acceptors (Lipinski definition) is 3. The third-order valence-corrected chi connectivity index (χ3v) is 4.84. The number of rotatable bonds is 5. The summed E-state index contributed by atoms with van der Waals surface area (Å²) in [5.41, 5.74) is 2.79. The van der Waals surface area contributed by atoms with Gasteiger partial charge in [0, 0.05) is 18.3 Å². The van der Waals surface area contributed by atoms with Crippen molar-refractivity contribution in [3.05, 3.63) is 88.9 Å². The molecule has 3 rings (SSSR count). The quantitative estimate of drug-likeness (QED) is 0.683. The molecule has 28 heavy (non-hydrogen) atoms. The third-order valence-electron chi connectivity index (χ3n) is 4.84. The van der Waals surface area contributed by atoms with E-state index in [1.807, 2.05) is 56.3 Å². The van der Waals surface area contributed by atoms with E-state index in [4.69, 9.17) is 4.42 Å². The van der Waals surface area contributed by atoms with Crippen LogP contribution >= 0.6 is 0 Å². The van der Waals surface area contributed by atoms with E-state index in [1.165, 1.54) is 0 Å². The summed E-state index contributed by atoms with van der Waals surface area (Å²) in [5.74, 6) is 1.07. The van der Waals surface area contributed by atoms with Gasteiger partial charge < -0.3 is 14.6 Å². The molecule has 0 fully saturated rings. The number of nitrogens with one attached hydrogen (secondary N) is 1. The first kappa shape index (κ1) is 19.4. The molecule has 0 saturated heterocycles. The van der Waals surface area contributed by atoms with Gasteiger partial charge in [-0.05, 0) is 56.7 Å². The fraction of sp³-hybridized carbons (Fsp3) is 0.217. The van der Waals surface area contributed by atoms with Gasteiger partial charge in [0.1, 0.15) is 11.5 Å². The van der Waals surface area contributed by atoms with Crippen LogP contribution in [0.3, 0.4) is 0 Å². The molecule has 0 radical (unpaired) electrons. The largest absolute Gasteiger partial charge is 0.466 e. The van der Waals surface area contributed by atoms with Gasteiger partial charge in [-0.1, -0.05) is 30.3 Å². The van der Waals surface area contributed by atoms with E-state index in [9.17, 15) is 9.59 Å². The molecule has 1 heterocycles. The summed E-state index contributed by atoms with van der Waals surface area (Å²) in [5, 5.41) is 2.91. The number of carbonyl (C=O) groups is 2. The minimum absolute atomic E-state index is 0.0967. The Morgan fingerprint density at radius 1 is 1.00 bits per heavy atom. The van der Waals surface area contributed by atoms with Crippen molar-refractivity contribution in [3.8, 4) is 0 Å². The lowest BCUT2D eigenvalue weighted by atomic mass is 10.1. The van der Waals surface area contributed by atoms with Crippen LogP contribution < -0.4 is 5.32 Å². The summed E-state index contributed by atoms with van der Waals surface area (Å²) >= 11 is 0. The van der Waals surface area contributed by atoms with E-state index in [1.54, 1.807) is 37.1 Å². The van der Waals surface area contributed by atoms with E-state index in [2.05, 4.69) is 5.32 Å². The fourth-order valence-corrected chi connectivity index (χ4v) is 3.10. The number of carbonyl (C=O) groups excluding carboxylic acids is 2. The molecule has 1 atom stereocenters. The van der Waals surface area contributed by atoms with E-state index < -0.39 is 0 Å². The third kappa shape index (κ3) is 4.14. The zero-order valence-corrected chi connectivity index (χ0v) is 16.5. The Kier molecular flexibility index (Phi) is 5.64. The SMILES string of the molecule is Cc1cc(C(=O)N(C)C(C)c2cccc(NC(=O)c3ccccc3)c2)c(C)o1. The molecular formula is C23H24N2O3. The molecule has 1 aromatic heterocycles. The molecule has 0 aliphatic heterocycles. The lowest BCUT2D eigenvalue weighted by Crippen LogP contribution is -2.29. The molecule has 1 unspecified atom stereocenters. The number of hydrogen-bond donors (Lipinski definition) is 1. The summed E-state index contributed by atoms with van der Waals surface area (Å²) in [4.78, 5) is 26.9. The predicted octanol–water partition coefficient (Wildman–Crippen LogP) is 4.98. The maximum absolute atomic E-state index is 12.8. The van der Waals surface area contributed by atoms with Gasteiger partial charge in [0.25, 0.3) is 11.8 Å². The van der Waals surface area contributed by atoms with Crippen LogP contribution in [0.5, 0.6) is 0 Å². The van der Waals surface area contributed by atoms with Crippen molar-refractivity contribution in [3.63, 3.8) is 0 Å². The molecule has 5 heteroatoms. The molecule has 144 valence electrons. The van der Waals surface area contributed by atoms with Crippen molar-refractivity contribution in [1.29, 1.82) is 0 Å². The highest BCUT2D eigenvalue weighted by Gasteiger charge is 2.22. The number of amides is 2. The van der Waals surface area contributed by atoms with Gasteiger partial charge in [-0.15, -0.1) is 0 Å². The van der Waals surface area contributed by atoms with Crippen molar-refractivity contribution >= 4 is 17.5 Å². The molecule has 0 aliphatic rings. The Morgan fingerprint density at radius 3 is 2.36 bits per heavy atom. The van der Waals surface area contributed by atoms with Crippen LogP contribution in [0.25, 0.3) is 0 Å². The summed E-state index contributed by atoms with van der Waals surface area (Å²) in [6, 6.07) is 18.2. The summed E-state index contributed by atoms with van der Waals surface area (Å²) in [6.07, 6.45) is 0. The molecule has 2 aromatic carbocycles. The van der Waals surface area contributed by atoms with Gasteiger partial charge in [0.2, 0.25) is 0 Å². The summed E-state index contributed by atoms with van der Waals surface area (Å²) < 4.78 is 5.48. The Bertz CT molecular complexity index is 992. The highest BCUT2D eigenvalue weighted by molar-refractivity contribution is 6.04. The molecular weight excluding hydrogens is 352 g/mol. The predicted molar refractivity (Wildman–Crippen MR) is 110 cm³/mol. The Balaban J connectivity index is 1.76. The second-order valence-electron chi connectivity index (χ2n) is 6.86. The maximum atomic E-state index is 12.8. The number of benzene rings is 2. The smallest absolute Gasteiger partial charge is 0.257 e. The van der Waals surface area contributed by atoms with Crippen LogP contribution in [0.2, 0.25) is 0 Å². The van der Waals surface area contributed by atoms with Crippen molar-refractivity contribution in [1.82, 2.24) is 4.90 Å². The standard InChI is InChI=1S/C23H24N2O3/c1-15-13-21(17(3)28-15)23(27)25(4)16(2)19-11-8-12-20(14-19)24-22(26)18-9-6-5-7-10-18/h5-14,16H,1-4H3,(H,24,26). The van der Waals surface area contributed by atoms with Crippen LogP contribution in [0, 0.1) is 13.8 Å². The summed E-state index contributed by atoms with van der Waals surface area (Å²) in [7, 11) is 1.77. The Morgan fingerprint density at radius 2 is 1.71 bits per heavy atom. The highest BCUT2D eigenvalue weighted by Crippen LogP contribution is 2.25. The molecule has 0 bridgehead atoms. The Hall–Kier alpha value is -3.34. The number of aryl methyl sites for hydroxylation is 2. The van der Waals surface area contributed by atoms with Crippen LogP contribution in [-0.4, -0.2) is 23.8 Å². The minimum Gasteiger partial charge on any atom is -0.466 e. The average Bonchev–Trinajstić information content (AvgIpc) is 3.05. The molecule has 0 spiro atoms. The number of furan rings is 1. The van der Waals surface area contributed by atoms with Crippen LogP contribution in [0.4, 0.5) is 5.69 Å². The second kappa shape index (κ2) is 8.13. The summed E-state index contributed by atoms with van der Waals surface area (Å²) in [6.45, 7) is 5.57. The van der Waals surface area contributed by atoms with Crippen LogP contribution in [-0.2, 0) is 0 Å². The normalized spacial score (nSPS) is 11.7. The van der Waals surface area contributed by atoms with E-state index in [-0.39, 0.29) is 17.9 Å². The lowest BCUT2D eigenvalue weighted by Gasteiger charge is -2.25. The van der Waals surface area contributed by atoms with Crippen molar-refractivity contribution in [2.24, 2.45) is 0 Å². The van der Waals surface area contributed by atoms with Crippen molar-refractivity contribution < 1.29 is 14.0 Å². The minimum atomic E-state index is -0.171. The topological polar surface area (TPSA) is 62.6 Å². The van der Waals surface area contributed by atoms with Gasteiger partial charge >= 0.3 is 0 Å². The molecule has 3 aromatic rings. The average molecular weight is 376 g/mol. The monoisotopic (exact) mass is 376 g/mol. The molecule has 2 amide bonds. The maximum Gasteiger partial charge on any atom is 0.257 e. The highest BCUT2D eigenvalue weighted by atomic mass is 16.3. The first-order chi connectivity index (χ1) is 13.4. The molecule has 1 N–H and O–H groups in total. The van der Waals surface area contributed by atoms with E-state index in [0.717, 1.165) is 5.56 Å². The van der Waals surface area contributed by atoms with Gasteiger partial charge in [0.15, 0.2) is 0 Å². The van der Waals surface area contributed by atoms with E-state index in [0.29, 0.717) is 28.3 Å². The number of anilines is 1. The van der Waals surface area contributed by atoms with Gasteiger partial charge in [0.05, 0.1) is 11.6 Å². The zero-order chi connectivity index (χ0) is 20.3. The lowest BCUT2D eigenvalue weighted by molar-refractivity contribution is 0.0740. The van der Waals surface area contributed by atoms with Gasteiger partial charge in [-0.3, -0.25) is 9.59 Å². The van der Waals surface area contributed by atoms with Crippen molar-refractivity contribution in [2.75, 3.05) is 12.4 Å². The molecule has 0 saturated carbocycles. The van der Waals surface area contributed by atoms with Crippen LogP contribution in [0.15, 0.2) is 65.1 Å². The van der Waals surface area contributed by atoms with Gasteiger partial charge in [-0.25, -0.2) is 0 Å². The Labute approximate surface area is 165 Å². The van der Waals surface area contributed by atoms with Crippen molar-refractivity contribution in [2.45, 2.75) is 26.8 Å². The van der Waals surface area contributed by atoms with Crippen LogP contribution in [0.1, 0.15) is 50.8 Å². The van der Waals surface area contributed by atoms with Gasteiger partial charge in [-0.2, -0.15) is 0 Å². The first-order valence-electron chi connectivity index (χ1n) is 9.17. The second-order valence-corrected chi connectivity index (χ2v) is 6.86. The first-order valence-corrected chi connectivity index (χ1v) is 9.17. The molecule has 5 nitrogen and oxygen atoms in total. The molecule has 0 aliphatic carbocycles.